The molecule has 0 spiro atoms. The second kappa shape index (κ2) is 5.14. The van der Waals surface area contributed by atoms with E-state index in [0.717, 1.165) is 31.6 Å². The molecule has 0 amide bonds. The summed E-state index contributed by atoms with van der Waals surface area (Å²) in [6.45, 7) is 5.17. The fourth-order valence-corrected chi connectivity index (χ4v) is 2.30. The molecule has 0 atom stereocenters. The van der Waals surface area contributed by atoms with E-state index in [1.165, 1.54) is 0 Å². The van der Waals surface area contributed by atoms with Crippen LogP contribution in [0.4, 0.5) is 0 Å². The van der Waals surface area contributed by atoms with Gasteiger partial charge in [-0.1, -0.05) is 12.1 Å². The Morgan fingerprint density at radius 3 is 2.76 bits per heavy atom. The summed E-state index contributed by atoms with van der Waals surface area (Å²) in [5, 5.41) is 17.4. The number of hydrogen-bond donors (Lipinski definition) is 2. The largest absolute Gasteiger partial charge is 0.389 e. The molecule has 5 nitrogen and oxygen atoms in total. The van der Waals surface area contributed by atoms with Crippen molar-refractivity contribution in [3.8, 4) is 0 Å². The molecule has 0 saturated heterocycles. The molecule has 0 unspecified atom stereocenters. The molecular weight excluding hydrogens is 218 g/mol. The molecule has 1 aliphatic rings. The van der Waals surface area contributed by atoms with Gasteiger partial charge in [0.2, 0.25) is 5.89 Å². The summed E-state index contributed by atoms with van der Waals surface area (Å²) in [5.41, 5.74) is -0.550. The van der Waals surface area contributed by atoms with E-state index in [4.69, 9.17) is 4.52 Å². The van der Waals surface area contributed by atoms with Crippen molar-refractivity contribution in [2.24, 2.45) is 5.92 Å². The van der Waals surface area contributed by atoms with Crippen molar-refractivity contribution in [3.05, 3.63) is 11.7 Å². The first-order valence-electron chi connectivity index (χ1n) is 6.30. The molecule has 0 bridgehead atoms. The third kappa shape index (κ3) is 3.51. The van der Waals surface area contributed by atoms with E-state index < -0.39 is 5.60 Å². The van der Waals surface area contributed by atoms with Crippen molar-refractivity contribution < 1.29 is 9.63 Å². The topological polar surface area (TPSA) is 71.2 Å². The van der Waals surface area contributed by atoms with E-state index in [1.807, 2.05) is 0 Å². The van der Waals surface area contributed by atoms with Gasteiger partial charge >= 0.3 is 0 Å². The number of rotatable bonds is 4. The first kappa shape index (κ1) is 12.5. The van der Waals surface area contributed by atoms with Gasteiger partial charge < -0.3 is 14.9 Å². The molecule has 5 heteroatoms. The molecule has 96 valence electrons. The summed E-state index contributed by atoms with van der Waals surface area (Å²) in [6.07, 6.45) is 3.98. The standard InChI is InChI=1S/C12H21N3O2/c1-9-3-5-12(16,6-4-9)8-13-7-11-14-10(2)17-15-11/h9,13,16H,3-8H2,1-2H3. The highest BCUT2D eigenvalue weighted by Gasteiger charge is 2.31. The zero-order valence-electron chi connectivity index (χ0n) is 10.6. The van der Waals surface area contributed by atoms with Crippen LogP contribution in [0.5, 0.6) is 0 Å². The lowest BCUT2D eigenvalue weighted by atomic mass is 9.79. The number of aliphatic hydroxyl groups is 1. The van der Waals surface area contributed by atoms with Crippen LogP contribution < -0.4 is 5.32 Å². The van der Waals surface area contributed by atoms with Crippen LogP contribution >= 0.6 is 0 Å². The van der Waals surface area contributed by atoms with Gasteiger partial charge in [0.1, 0.15) is 0 Å². The summed E-state index contributed by atoms with van der Waals surface area (Å²) >= 11 is 0. The molecule has 2 rings (SSSR count). The van der Waals surface area contributed by atoms with Crippen molar-refractivity contribution in [2.45, 2.75) is 51.7 Å². The Balaban J connectivity index is 1.74. The molecule has 0 aliphatic heterocycles. The average molecular weight is 239 g/mol. The lowest BCUT2D eigenvalue weighted by molar-refractivity contribution is -0.00644. The normalized spacial score (nSPS) is 29.5. The fraction of sp³-hybridized carbons (Fsp3) is 0.833. The summed E-state index contributed by atoms with van der Waals surface area (Å²) in [4.78, 5) is 4.11. The molecule has 1 fully saturated rings. The molecule has 17 heavy (non-hydrogen) atoms. The van der Waals surface area contributed by atoms with Crippen LogP contribution in [-0.2, 0) is 6.54 Å². The fourth-order valence-electron chi connectivity index (χ4n) is 2.30. The number of hydrogen-bond acceptors (Lipinski definition) is 5. The Morgan fingerprint density at radius 2 is 2.18 bits per heavy atom. The van der Waals surface area contributed by atoms with E-state index in [-0.39, 0.29) is 0 Å². The monoisotopic (exact) mass is 239 g/mol. The summed E-state index contributed by atoms with van der Waals surface area (Å²) in [7, 11) is 0. The second-order valence-corrected chi connectivity index (χ2v) is 5.24. The molecule has 0 radical (unpaired) electrons. The predicted octanol–water partition coefficient (Wildman–Crippen LogP) is 1.41. The van der Waals surface area contributed by atoms with E-state index in [2.05, 4.69) is 22.4 Å². The molecule has 2 N–H and O–H groups in total. The van der Waals surface area contributed by atoms with Gasteiger partial charge in [-0.15, -0.1) is 0 Å². The van der Waals surface area contributed by atoms with Crippen molar-refractivity contribution in [3.63, 3.8) is 0 Å². The minimum atomic E-state index is -0.550. The van der Waals surface area contributed by atoms with Gasteiger partial charge in [0.15, 0.2) is 5.82 Å². The zero-order valence-corrected chi connectivity index (χ0v) is 10.6. The first-order chi connectivity index (χ1) is 8.07. The maximum Gasteiger partial charge on any atom is 0.223 e. The molecule has 1 aromatic heterocycles. The Labute approximate surface area is 102 Å². The summed E-state index contributed by atoms with van der Waals surface area (Å²) in [5.74, 6) is 1.97. The van der Waals surface area contributed by atoms with Gasteiger partial charge in [0.25, 0.3) is 0 Å². The smallest absolute Gasteiger partial charge is 0.223 e. The number of aromatic nitrogens is 2. The zero-order chi connectivity index (χ0) is 12.3. The highest BCUT2D eigenvalue weighted by Crippen LogP contribution is 2.31. The van der Waals surface area contributed by atoms with Crippen LogP contribution in [0.3, 0.4) is 0 Å². The van der Waals surface area contributed by atoms with Gasteiger partial charge in [-0.2, -0.15) is 4.98 Å². The van der Waals surface area contributed by atoms with Crippen molar-refractivity contribution in [1.82, 2.24) is 15.5 Å². The van der Waals surface area contributed by atoms with E-state index in [0.29, 0.717) is 24.8 Å². The van der Waals surface area contributed by atoms with Gasteiger partial charge in [0, 0.05) is 13.5 Å². The molecular formula is C12H21N3O2. The van der Waals surface area contributed by atoms with Crippen LogP contribution in [0.25, 0.3) is 0 Å². The summed E-state index contributed by atoms with van der Waals surface area (Å²) in [6, 6.07) is 0. The van der Waals surface area contributed by atoms with Crippen LogP contribution in [0, 0.1) is 12.8 Å². The van der Waals surface area contributed by atoms with Crippen molar-refractivity contribution in [1.29, 1.82) is 0 Å². The van der Waals surface area contributed by atoms with E-state index in [9.17, 15) is 5.11 Å². The lowest BCUT2D eigenvalue weighted by Gasteiger charge is -2.34. The van der Waals surface area contributed by atoms with Gasteiger partial charge in [-0.3, -0.25) is 0 Å². The predicted molar refractivity (Wildman–Crippen MR) is 63.3 cm³/mol. The minimum Gasteiger partial charge on any atom is -0.389 e. The molecule has 1 heterocycles. The van der Waals surface area contributed by atoms with E-state index in [1.54, 1.807) is 6.92 Å². The van der Waals surface area contributed by atoms with Crippen molar-refractivity contribution >= 4 is 0 Å². The molecule has 1 aromatic rings. The van der Waals surface area contributed by atoms with Crippen LogP contribution in [0.2, 0.25) is 0 Å². The molecule has 1 saturated carbocycles. The van der Waals surface area contributed by atoms with Crippen LogP contribution in [0.15, 0.2) is 4.52 Å². The Bertz CT molecular complexity index is 356. The quantitative estimate of drug-likeness (QED) is 0.831. The van der Waals surface area contributed by atoms with Gasteiger partial charge in [-0.25, -0.2) is 0 Å². The molecule has 0 aromatic carbocycles. The highest BCUT2D eigenvalue weighted by molar-refractivity contribution is 4.88. The summed E-state index contributed by atoms with van der Waals surface area (Å²) < 4.78 is 4.88. The van der Waals surface area contributed by atoms with Gasteiger partial charge in [0.05, 0.1) is 12.1 Å². The first-order valence-corrected chi connectivity index (χ1v) is 6.30. The highest BCUT2D eigenvalue weighted by atomic mass is 16.5. The Morgan fingerprint density at radius 1 is 1.47 bits per heavy atom. The van der Waals surface area contributed by atoms with E-state index >= 15 is 0 Å². The van der Waals surface area contributed by atoms with Crippen molar-refractivity contribution in [2.75, 3.05) is 6.54 Å². The third-order valence-corrected chi connectivity index (χ3v) is 3.51. The van der Waals surface area contributed by atoms with Crippen LogP contribution in [0.1, 0.15) is 44.3 Å². The molecule has 1 aliphatic carbocycles. The Hall–Kier alpha value is -0.940. The Kier molecular flexibility index (Phi) is 3.79. The lowest BCUT2D eigenvalue weighted by Crippen LogP contribution is -2.43. The maximum absolute atomic E-state index is 10.3. The maximum atomic E-state index is 10.3. The van der Waals surface area contributed by atoms with Crippen LogP contribution in [-0.4, -0.2) is 27.4 Å². The number of aryl methyl sites for hydroxylation is 1. The van der Waals surface area contributed by atoms with Gasteiger partial charge in [-0.05, 0) is 31.6 Å². The minimum absolute atomic E-state index is 0.550. The number of nitrogens with one attached hydrogen (secondary N) is 1. The number of nitrogens with zero attached hydrogens (tertiary/aromatic N) is 2. The second-order valence-electron chi connectivity index (χ2n) is 5.24. The average Bonchev–Trinajstić information content (AvgIpc) is 2.69. The third-order valence-electron chi connectivity index (χ3n) is 3.51. The SMILES string of the molecule is Cc1nc(CNCC2(O)CCC(C)CC2)no1.